The number of pyridine rings is 2. The second-order valence-corrected chi connectivity index (χ2v) is 8.92. The summed E-state index contributed by atoms with van der Waals surface area (Å²) in [5, 5.41) is 23.4. The minimum atomic E-state index is -1.04. The average Bonchev–Trinajstić information content (AvgIpc) is 2.85. The number of carboxylic acid groups (broad SMARTS) is 1. The summed E-state index contributed by atoms with van der Waals surface area (Å²) in [5.74, 6) is -0.953. The quantitative estimate of drug-likeness (QED) is 0.231. The first kappa shape index (κ1) is 26.2. The third-order valence-electron chi connectivity index (χ3n) is 5.58. The SMILES string of the molecule is C=C/C=C(\C=C/C)NC(=O)c1cc(C)[n+](O)c2cc(-c3ccc(OCC(C)(C)C(=O)O)nc3)ccc12. The molecule has 1 aromatic carbocycles. The third kappa shape index (κ3) is 5.78. The number of nitrogens with zero attached hydrogens (tertiary/aromatic N) is 2. The Morgan fingerprint density at radius 1 is 1.19 bits per heavy atom. The number of benzene rings is 1. The number of allylic oxidation sites excluding steroid dienone is 4. The lowest BCUT2D eigenvalue weighted by Gasteiger charge is -2.18. The van der Waals surface area contributed by atoms with E-state index in [9.17, 15) is 19.9 Å². The molecule has 3 aromatic rings. The molecule has 36 heavy (non-hydrogen) atoms. The smallest absolute Gasteiger partial charge is 0.312 e. The van der Waals surface area contributed by atoms with Crippen LogP contribution in [0, 0.1) is 12.3 Å². The summed E-state index contributed by atoms with van der Waals surface area (Å²) in [6.45, 7) is 10.4. The molecule has 0 aliphatic rings. The summed E-state index contributed by atoms with van der Waals surface area (Å²) in [7, 11) is 0. The normalized spacial score (nSPS) is 12.1. The first-order chi connectivity index (χ1) is 17.1. The summed E-state index contributed by atoms with van der Waals surface area (Å²) in [4.78, 5) is 28.6. The second-order valence-electron chi connectivity index (χ2n) is 8.92. The Labute approximate surface area is 209 Å². The van der Waals surface area contributed by atoms with Crippen LogP contribution in [0.5, 0.6) is 5.88 Å². The van der Waals surface area contributed by atoms with Gasteiger partial charge >= 0.3 is 5.97 Å². The molecule has 0 bridgehead atoms. The lowest BCUT2D eigenvalue weighted by atomic mass is 9.95. The zero-order valence-corrected chi connectivity index (χ0v) is 20.8. The Morgan fingerprint density at radius 3 is 2.53 bits per heavy atom. The predicted octanol–water partition coefficient (Wildman–Crippen LogP) is 4.60. The maximum atomic E-state index is 13.1. The van der Waals surface area contributed by atoms with Gasteiger partial charge in [0.25, 0.3) is 11.4 Å². The molecule has 8 heteroatoms. The van der Waals surface area contributed by atoms with E-state index < -0.39 is 11.4 Å². The second kappa shape index (κ2) is 10.9. The van der Waals surface area contributed by atoms with Gasteiger partial charge in [0.15, 0.2) is 0 Å². The van der Waals surface area contributed by atoms with E-state index in [1.54, 1.807) is 75.5 Å². The van der Waals surface area contributed by atoms with Crippen LogP contribution in [-0.4, -0.2) is 33.8 Å². The van der Waals surface area contributed by atoms with Gasteiger partial charge in [0.1, 0.15) is 6.61 Å². The van der Waals surface area contributed by atoms with Crippen molar-refractivity contribution in [1.82, 2.24) is 10.3 Å². The maximum Gasteiger partial charge on any atom is 0.312 e. The Balaban J connectivity index is 1.93. The van der Waals surface area contributed by atoms with Gasteiger partial charge in [0.2, 0.25) is 11.6 Å². The van der Waals surface area contributed by atoms with Gasteiger partial charge in [-0.3, -0.25) is 14.8 Å². The van der Waals surface area contributed by atoms with Crippen molar-refractivity contribution in [3.63, 3.8) is 0 Å². The van der Waals surface area contributed by atoms with Crippen LogP contribution in [0.3, 0.4) is 0 Å². The van der Waals surface area contributed by atoms with E-state index in [1.165, 1.54) is 0 Å². The largest absolute Gasteiger partial charge is 0.481 e. The van der Waals surface area contributed by atoms with E-state index in [-0.39, 0.29) is 12.5 Å². The Hall–Kier alpha value is -4.46. The van der Waals surface area contributed by atoms with Crippen molar-refractivity contribution in [1.29, 1.82) is 0 Å². The number of fused-ring (bicyclic) bond motifs is 1. The minimum Gasteiger partial charge on any atom is -0.481 e. The zero-order chi connectivity index (χ0) is 26.5. The van der Waals surface area contributed by atoms with Crippen LogP contribution in [0.25, 0.3) is 22.0 Å². The van der Waals surface area contributed by atoms with Crippen LogP contribution in [-0.2, 0) is 4.79 Å². The first-order valence-electron chi connectivity index (χ1n) is 11.4. The Bertz CT molecular complexity index is 1370. The van der Waals surface area contributed by atoms with Gasteiger partial charge in [0, 0.05) is 47.3 Å². The van der Waals surface area contributed by atoms with Gasteiger partial charge in [-0.1, -0.05) is 24.8 Å². The number of ether oxygens (including phenoxy) is 1. The molecule has 3 N–H and O–H groups in total. The molecule has 0 saturated carbocycles. The van der Waals surface area contributed by atoms with Crippen molar-refractivity contribution in [2.24, 2.45) is 5.41 Å². The third-order valence-corrected chi connectivity index (χ3v) is 5.58. The van der Waals surface area contributed by atoms with Crippen molar-refractivity contribution < 1.29 is 29.4 Å². The van der Waals surface area contributed by atoms with Crippen LogP contribution >= 0.6 is 0 Å². The van der Waals surface area contributed by atoms with E-state index in [1.807, 2.05) is 19.1 Å². The molecule has 0 spiro atoms. The van der Waals surface area contributed by atoms with Crippen molar-refractivity contribution >= 4 is 22.8 Å². The van der Waals surface area contributed by atoms with Crippen LogP contribution in [0.1, 0.15) is 36.8 Å². The van der Waals surface area contributed by atoms with Crippen LogP contribution in [0.15, 0.2) is 79.2 Å². The minimum absolute atomic E-state index is 0.0168. The number of hydrogen-bond acceptors (Lipinski definition) is 5. The van der Waals surface area contributed by atoms with Gasteiger partial charge in [-0.15, -0.1) is 0 Å². The highest BCUT2D eigenvalue weighted by Crippen LogP contribution is 2.26. The average molecular weight is 489 g/mol. The van der Waals surface area contributed by atoms with E-state index in [0.717, 1.165) is 15.9 Å². The van der Waals surface area contributed by atoms with Crippen LogP contribution < -0.4 is 14.8 Å². The van der Waals surface area contributed by atoms with Crippen molar-refractivity contribution in [2.45, 2.75) is 27.7 Å². The van der Waals surface area contributed by atoms with E-state index in [4.69, 9.17) is 4.74 Å². The molecule has 0 atom stereocenters. The van der Waals surface area contributed by atoms with Gasteiger partial charge in [-0.2, -0.15) is 0 Å². The van der Waals surface area contributed by atoms with E-state index >= 15 is 0 Å². The number of rotatable bonds is 9. The molecule has 0 aliphatic carbocycles. The number of hydrogen-bond donors (Lipinski definition) is 3. The first-order valence-corrected chi connectivity index (χ1v) is 11.4. The number of aryl methyl sites for hydroxylation is 1. The molecule has 2 aromatic heterocycles. The monoisotopic (exact) mass is 488 g/mol. The van der Waals surface area contributed by atoms with Gasteiger partial charge in [-0.25, -0.2) is 4.98 Å². The van der Waals surface area contributed by atoms with Crippen LogP contribution in [0.2, 0.25) is 0 Å². The van der Waals surface area contributed by atoms with Crippen LogP contribution in [0.4, 0.5) is 0 Å². The molecular formula is C28H30N3O5+. The molecule has 186 valence electrons. The fourth-order valence-electron chi connectivity index (χ4n) is 3.44. The molecule has 0 radical (unpaired) electrons. The number of nitrogens with one attached hydrogen (secondary N) is 1. The molecule has 8 nitrogen and oxygen atoms in total. The predicted molar refractivity (Wildman–Crippen MR) is 137 cm³/mol. The maximum absolute atomic E-state index is 13.1. The van der Waals surface area contributed by atoms with Crippen molar-refractivity contribution in [3.05, 3.63) is 90.4 Å². The topological polar surface area (TPSA) is 113 Å². The molecule has 2 heterocycles. The summed E-state index contributed by atoms with van der Waals surface area (Å²) < 4.78 is 6.58. The summed E-state index contributed by atoms with van der Waals surface area (Å²) >= 11 is 0. The number of carbonyl (C=O) groups excluding carboxylic acids is 1. The molecule has 0 unspecified atom stereocenters. The molecule has 0 saturated heterocycles. The highest BCUT2D eigenvalue weighted by molar-refractivity contribution is 6.06. The number of amides is 1. The molecule has 1 amide bonds. The Morgan fingerprint density at radius 2 is 1.92 bits per heavy atom. The number of aliphatic carboxylic acids is 1. The molecule has 0 aliphatic heterocycles. The number of carbonyl (C=O) groups is 2. The number of aromatic nitrogens is 2. The number of carboxylic acids is 1. The van der Waals surface area contributed by atoms with Crippen molar-refractivity contribution in [2.75, 3.05) is 6.61 Å². The highest BCUT2D eigenvalue weighted by atomic mass is 16.5. The fourth-order valence-corrected chi connectivity index (χ4v) is 3.44. The summed E-state index contributed by atoms with van der Waals surface area (Å²) in [5.41, 5.74) is 2.47. The highest BCUT2D eigenvalue weighted by Gasteiger charge is 2.28. The fraction of sp³-hybridized carbons (Fsp3) is 0.214. The molecular weight excluding hydrogens is 458 g/mol. The van der Waals surface area contributed by atoms with Gasteiger partial charge in [-0.05, 0) is 50.6 Å². The lowest BCUT2D eigenvalue weighted by molar-refractivity contribution is -0.888. The molecule has 0 fully saturated rings. The zero-order valence-electron chi connectivity index (χ0n) is 20.8. The van der Waals surface area contributed by atoms with Gasteiger partial charge < -0.3 is 15.2 Å². The molecule has 3 rings (SSSR count). The van der Waals surface area contributed by atoms with Crippen molar-refractivity contribution in [3.8, 4) is 17.0 Å². The van der Waals surface area contributed by atoms with Gasteiger partial charge in [0.05, 0.1) is 16.4 Å². The standard InChI is InChI=1S/C28H29N3O5/c1-6-8-21(9-7-2)30-26(32)23-14-18(3)31(35)24-15-19(10-12-22(23)24)20-11-13-25(29-16-20)36-17-28(4,5)27(33)34/h6-16H,1,17H2,2-5H3,(H2-,30,32,33,34,35)/p+1/b9-7-,21-8+. The summed E-state index contributed by atoms with van der Waals surface area (Å²) in [6, 6.07) is 10.5. The lowest BCUT2D eigenvalue weighted by Crippen LogP contribution is -2.36. The Kier molecular flexibility index (Phi) is 7.89. The van der Waals surface area contributed by atoms with E-state index in [2.05, 4.69) is 16.9 Å². The summed E-state index contributed by atoms with van der Waals surface area (Å²) in [6.07, 6.45) is 8.48. The van der Waals surface area contributed by atoms with E-state index in [0.29, 0.717) is 33.7 Å².